The number of nitrogens with two attached hydrogens (primary N) is 1. The fourth-order valence-corrected chi connectivity index (χ4v) is 2.82. The molecule has 0 aliphatic carbocycles. The van der Waals surface area contributed by atoms with Gasteiger partial charge in [0.05, 0.1) is 6.10 Å². The molecule has 0 spiro atoms. The van der Waals surface area contributed by atoms with Crippen molar-refractivity contribution in [3.8, 4) is 0 Å². The Morgan fingerprint density at radius 2 is 1.89 bits per heavy atom. The average molecular weight is 294 g/mol. The normalized spacial score (nSPS) is 18.5. The fourth-order valence-electron chi connectivity index (χ4n) is 1.78. The lowest BCUT2D eigenvalue weighted by atomic mass is 10.3. The van der Waals surface area contributed by atoms with E-state index < -0.39 is 16.3 Å². The zero-order chi connectivity index (χ0) is 14.5. The van der Waals surface area contributed by atoms with Crippen LogP contribution in [0.3, 0.4) is 0 Å². The van der Waals surface area contributed by atoms with Crippen LogP contribution in [0.5, 0.6) is 0 Å². The number of carbonyl (C=O) groups excluding carboxylic acids is 1. The number of carbonyl (C=O) groups is 1. The summed E-state index contributed by atoms with van der Waals surface area (Å²) in [5.41, 5.74) is 5.44. The first kappa shape index (κ1) is 16.2. The molecule has 0 atom stereocenters. The number of nitrogens with one attached hydrogen (secondary N) is 1. The number of hydrogen-bond donors (Lipinski definition) is 2. The van der Waals surface area contributed by atoms with E-state index in [1.54, 1.807) is 13.8 Å². The molecular formula is C10H22N4O4S. The van der Waals surface area contributed by atoms with Crippen LogP contribution in [0.2, 0.25) is 0 Å². The summed E-state index contributed by atoms with van der Waals surface area (Å²) < 4.78 is 31.7. The van der Waals surface area contributed by atoms with E-state index in [9.17, 15) is 13.2 Å². The van der Waals surface area contributed by atoms with Gasteiger partial charge < -0.3 is 10.5 Å². The highest BCUT2D eigenvalue weighted by Gasteiger charge is 2.28. The van der Waals surface area contributed by atoms with Gasteiger partial charge in [-0.25, -0.2) is 9.52 Å². The third-order valence-corrected chi connectivity index (χ3v) is 4.14. The van der Waals surface area contributed by atoms with Crippen molar-refractivity contribution in [1.82, 2.24) is 13.9 Å². The first-order valence-electron chi connectivity index (χ1n) is 6.26. The Hall–Kier alpha value is -0.900. The van der Waals surface area contributed by atoms with Crippen LogP contribution < -0.4 is 10.5 Å². The van der Waals surface area contributed by atoms with E-state index >= 15 is 0 Å². The van der Waals surface area contributed by atoms with Crippen LogP contribution in [0.25, 0.3) is 0 Å². The molecule has 0 unspecified atom stereocenters. The van der Waals surface area contributed by atoms with E-state index in [2.05, 4.69) is 4.90 Å². The molecule has 0 aromatic rings. The minimum Gasteiger partial charge on any atom is -0.446 e. The maximum absolute atomic E-state index is 11.9. The zero-order valence-corrected chi connectivity index (χ0v) is 12.1. The molecule has 3 N–H and O–H groups in total. The second-order valence-corrected chi connectivity index (χ2v) is 6.26. The maximum Gasteiger partial charge on any atom is 0.422 e. The topological polar surface area (TPSA) is 105 Å². The van der Waals surface area contributed by atoms with Crippen molar-refractivity contribution >= 4 is 16.3 Å². The molecule has 0 aromatic heterocycles. The number of hydrogen-bond acceptors (Lipinski definition) is 6. The number of ether oxygens (including phenoxy) is 1. The number of piperazine rings is 1. The molecule has 112 valence electrons. The van der Waals surface area contributed by atoms with Crippen molar-refractivity contribution in [3.05, 3.63) is 0 Å². The smallest absolute Gasteiger partial charge is 0.422 e. The van der Waals surface area contributed by atoms with Gasteiger partial charge in [0.25, 0.3) is 0 Å². The summed E-state index contributed by atoms with van der Waals surface area (Å²) in [6.07, 6.45) is -1.31. The van der Waals surface area contributed by atoms with Gasteiger partial charge in [-0.3, -0.25) is 4.90 Å². The quantitative estimate of drug-likeness (QED) is 0.670. The molecule has 1 saturated heterocycles. The highest BCUT2D eigenvalue weighted by atomic mass is 32.2. The summed E-state index contributed by atoms with van der Waals surface area (Å²) in [5.74, 6) is 0. The first-order valence-corrected chi connectivity index (χ1v) is 7.70. The lowest BCUT2D eigenvalue weighted by Crippen LogP contribution is -2.53. The standard InChI is InChI=1S/C10H22N4O4S/c1-9(2)18-10(15)12-19(16,17)14-7-5-13(4-3-11)6-8-14/h9H,3-8,11H2,1-2H3,(H,12,15). The predicted octanol–water partition coefficient (Wildman–Crippen LogP) is -1.06. The highest BCUT2D eigenvalue weighted by Crippen LogP contribution is 2.06. The molecule has 1 aliphatic rings. The van der Waals surface area contributed by atoms with Crippen LogP contribution in [-0.4, -0.2) is 69.1 Å². The zero-order valence-electron chi connectivity index (χ0n) is 11.3. The van der Waals surface area contributed by atoms with Gasteiger partial charge in [-0.15, -0.1) is 0 Å². The molecule has 0 radical (unpaired) electrons. The van der Waals surface area contributed by atoms with Gasteiger partial charge in [-0.2, -0.15) is 12.7 Å². The third kappa shape index (κ3) is 5.31. The van der Waals surface area contributed by atoms with Gasteiger partial charge in [-0.1, -0.05) is 0 Å². The Kier molecular flexibility index (Phi) is 5.98. The minimum absolute atomic E-state index is 0.338. The molecule has 0 aromatic carbocycles. The van der Waals surface area contributed by atoms with Crippen LogP contribution in [0.4, 0.5) is 4.79 Å². The molecule has 1 rings (SSSR count). The van der Waals surface area contributed by atoms with Crippen molar-refractivity contribution in [1.29, 1.82) is 0 Å². The molecule has 9 heteroatoms. The monoisotopic (exact) mass is 294 g/mol. The van der Waals surface area contributed by atoms with E-state index in [-0.39, 0.29) is 6.10 Å². The van der Waals surface area contributed by atoms with Crippen molar-refractivity contribution in [2.24, 2.45) is 5.73 Å². The van der Waals surface area contributed by atoms with Crippen LogP contribution in [0.15, 0.2) is 0 Å². The van der Waals surface area contributed by atoms with E-state index in [4.69, 9.17) is 10.5 Å². The highest BCUT2D eigenvalue weighted by molar-refractivity contribution is 7.87. The summed E-state index contributed by atoms with van der Waals surface area (Å²) >= 11 is 0. The lowest BCUT2D eigenvalue weighted by molar-refractivity contribution is 0.120. The van der Waals surface area contributed by atoms with E-state index in [0.29, 0.717) is 32.7 Å². The molecular weight excluding hydrogens is 272 g/mol. The maximum atomic E-state index is 11.9. The van der Waals surface area contributed by atoms with E-state index in [1.165, 1.54) is 4.31 Å². The average Bonchev–Trinajstić information content (AvgIpc) is 2.28. The summed E-state index contributed by atoms with van der Waals surface area (Å²) in [5, 5.41) is 0. The summed E-state index contributed by atoms with van der Waals surface area (Å²) in [6, 6.07) is 0. The number of rotatable bonds is 5. The molecule has 8 nitrogen and oxygen atoms in total. The molecule has 1 fully saturated rings. The summed E-state index contributed by atoms with van der Waals surface area (Å²) in [7, 11) is -3.82. The van der Waals surface area contributed by atoms with Crippen LogP contribution in [-0.2, 0) is 14.9 Å². The Bertz CT molecular complexity index is 390. The predicted molar refractivity (Wildman–Crippen MR) is 70.7 cm³/mol. The Morgan fingerprint density at radius 3 is 2.37 bits per heavy atom. The van der Waals surface area contributed by atoms with Crippen molar-refractivity contribution in [2.45, 2.75) is 20.0 Å². The molecule has 19 heavy (non-hydrogen) atoms. The van der Waals surface area contributed by atoms with Gasteiger partial charge in [-0.05, 0) is 13.8 Å². The van der Waals surface area contributed by atoms with Crippen molar-refractivity contribution < 1.29 is 17.9 Å². The van der Waals surface area contributed by atoms with Gasteiger partial charge >= 0.3 is 16.3 Å². The Balaban J connectivity index is 2.48. The Labute approximate surface area is 114 Å². The third-order valence-electron chi connectivity index (χ3n) is 2.67. The van der Waals surface area contributed by atoms with Gasteiger partial charge in [0.15, 0.2) is 0 Å². The first-order chi connectivity index (χ1) is 8.85. The van der Waals surface area contributed by atoms with Crippen LogP contribution in [0, 0.1) is 0 Å². The van der Waals surface area contributed by atoms with Crippen molar-refractivity contribution in [3.63, 3.8) is 0 Å². The second kappa shape index (κ2) is 7.04. The largest absolute Gasteiger partial charge is 0.446 e. The van der Waals surface area contributed by atoms with E-state index in [0.717, 1.165) is 6.54 Å². The van der Waals surface area contributed by atoms with Crippen LogP contribution >= 0.6 is 0 Å². The molecule has 0 saturated carbocycles. The minimum atomic E-state index is -3.82. The van der Waals surface area contributed by atoms with Gasteiger partial charge in [0.1, 0.15) is 0 Å². The number of nitrogens with zero attached hydrogens (tertiary/aromatic N) is 2. The SMILES string of the molecule is CC(C)OC(=O)NS(=O)(=O)N1CCN(CCN)CC1. The van der Waals surface area contributed by atoms with Crippen molar-refractivity contribution in [2.75, 3.05) is 39.3 Å². The summed E-state index contributed by atoms with van der Waals surface area (Å²) in [6.45, 7) is 6.49. The fraction of sp³-hybridized carbons (Fsp3) is 0.900. The van der Waals surface area contributed by atoms with Gasteiger partial charge in [0.2, 0.25) is 0 Å². The van der Waals surface area contributed by atoms with Gasteiger partial charge in [0, 0.05) is 39.3 Å². The Morgan fingerprint density at radius 1 is 1.32 bits per heavy atom. The molecule has 0 bridgehead atoms. The number of amides is 1. The van der Waals surface area contributed by atoms with E-state index in [1.807, 2.05) is 4.72 Å². The molecule has 1 amide bonds. The molecule has 1 heterocycles. The lowest BCUT2D eigenvalue weighted by Gasteiger charge is -2.33. The second-order valence-electron chi connectivity index (χ2n) is 4.59. The molecule has 1 aliphatic heterocycles. The summed E-state index contributed by atoms with van der Waals surface area (Å²) in [4.78, 5) is 13.4. The van der Waals surface area contributed by atoms with Crippen LogP contribution in [0.1, 0.15) is 13.8 Å².